The van der Waals surface area contributed by atoms with Crippen molar-refractivity contribution in [2.45, 2.75) is 13.2 Å². The number of nitrogens with zero attached hydrogens (tertiary/aromatic N) is 2. The van der Waals surface area contributed by atoms with Gasteiger partial charge in [0.1, 0.15) is 12.4 Å². The van der Waals surface area contributed by atoms with E-state index < -0.39 is 0 Å². The molecule has 4 heteroatoms. The molecule has 0 aliphatic heterocycles. The number of carbonyl (C=O) groups is 1. The van der Waals surface area contributed by atoms with E-state index in [4.69, 9.17) is 4.74 Å². The molecule has 0 unspecified atom stereocenters. The number of pyridine rings is 1. The van der Waals surface area contributed by atoms with Crippen LogP contribution in [0.1, 0.15) is 21.5 Å². The van der Waals surface area contributed by atoms with Gasteiger partial charge in [-0.2, -0.15) is 0 Å². The Morgan fingerprint density at radius 3 is 2.59 bits per heavy atom. The Kier molecular flexibility index (Phi) is 6.36. The Morgan fingerprint density at radius 1 is 1.04 bits per heavy atom. The summed E-state index contributed by atoms with van der Waals surface area (Å²) in [6.07, 6.45) is 5.23. The van der Waals surface area contributed by atoms with Crippen LogP contribution in [0.4, 0.5) is 0 Å². The van der Waals surface area contributed by atoms with Crippen molar-refractivity contribution in [3.05, 3.63) is 108 Å². The molecule has 0 saturated carbocycles. The lowest BCUT2D eigenvalue weighted by Crippen LogP contribution is -2.30. The highest BCUT2D eigenvalue weighted by Crippen LogP contribution is 2.18. The molecule has 0 saturated heterocycles. The maximum Gasteiger partial charge on any atom is 0.254 e. The minimum absolute atomic E-state index is 0.0504. The van der Waals surface area contributed by atoms with Crippen LogP contribution in [-0.2, 0) is 13.2 Å². The van der Waals surface area contributed by atoms with Gasteiger partial charge in [-0.05, 0) is 29.8 Å². The fourth-order valence-electron chi connectivity index (χ4n) is 2.73. The van der Waals surface area contributed by atoms with Crippen molar-refractivity contribution in [1.29, 1.82) is 0 Å². The van der Waals surface area contributed by atoms with E-state index >= 15 is 0 Å². The molecule has 0 bridgehead atoms. The van der Waals surface area contributed by atoms with Crippen LogP contribution < -0.4 is 4.74 Å². The molecular formula is C23H22N2O2. The number of hydrogen-bond acceptors (Lipinski definition) is 3. The Labute approximate surface area is 159 Å². The van der Waals surface area contributed by atoms with Crippen LogP contribution in [0.25, 0.3) is 0 Å². The number of rotatable bonds is 8. The highest BCUT2D eigenvalue weighted by Gasteiger charge is 2.15. The van der Waals surface area contributed by atoms with Crippen LogP contribution in [0.3, 0.4) is 0 Å². The molecule has 0 aliphatic carbocycles. The van der Waals surface area contributed by atoms with Crippen molar-refractivity contribution in [1.82, 2.24) is 9.88 Å². The van der Waals surface area contributed by atoms with E-state index in [1.807, 2.05) is 54.6 Å². The molecule has 0 aliphatic rings. The molecule has 0 N–H and O–H groups in total. The monoisotopic (exact) mass is 358 g/mol. The maximum absolute atomic E-state index is 13.0. The second-order valence-corrected chi connectivity index (χ2v) is 6.14. The van der Waals surface area contributed by atoms with E-state index in [-0.39, 0.29) is 5.91 Å². The fourth-order valence-corrected chi connectivity index (χ4v) is 2.73. The number of benzene rings is 2. The van der Waals surface area contributed by atoms with Crippen LogP contribution in [0, 0.1) is 0 Å². The van der Waals surface area contributed by atoms with Gasteiger partial charge in [-0.15, -0.1) is 6.58 Å². The predicted octanol–water partition coefficient (Wildman–Crippen LogP) is 4.49. The summed E-state index contributed by atoms with van der Waals surface area (Å²) in [7, 11) is 0. The molecule has 0 atom stereocenters. The van der Waals surface area contributed by atoms with E-state index in [0.717, 1.165) is 11.1 Å². The van der Waals surface area contributed by atoms with Crippen LogP contribution in [-0.4, -0.2) is 22.3 Å². The molecule has 0 spiro atoms. The van der Waals surface area contributed by atoms with Crippen molar-refractivity contribution < 1.29 is 9.53 Å². The highest BCUT2D eigenvalue weighted by atomic mass is 16.5. The van der Waals surface area contributed by atoms with Crippen molar-refractivity contribution in [3.8, 4) is 5.75 Å². The summed E-state index contributed by atoms with van der Waals surface area (Å²) in [5.41, 5.74) is 2.65. The van der Waals surface area contributed by atoms with E-state index in [9.17, 15) is 4.79 Å². The van der Waals surface area contributed by atoms with Gasteiger partial charge in [0.15, 0.2) is 0 Å². The molecule has 1 heterocycles. The molecule has 1 aromatic heterocycles. The van der Waals surface area contributed by atoms with Crippen molar-refractivity contribution >= 4 is 5.91 Å². The second kappa shape index (κ2) is 9.34. The predicted molar refractivity (Wildman–Crippen MR) is 106 cm³/mol. The summed E-state index contributed by atoms with van der Waals surface area (Å²) in [5.74, 6) is 0.605. The molecule has 136 valence electrons. The van der Waals surface area contributed by atoms with Gasteiger partial charge in [-0.3, -0.25) is 9.78 Å². The van der Waals surface area contributed by atoms with Crippen molar-refractivity contribution in [2.75, 3.05) is 6.54 Å². The quantitative estimate of drug-likeness (QED) is 0.557. The van der Waals surface area contributed by atoms with E-state index in [1.165, 1.54) is 0 Å². The topological polar surface area (TPSA) is 42.4 Å². The summed E-state index contributed by atoms with van der Waals surface area (Å²) < 4.78 is 5.81. The van der Waals surface area contributed by atoms with Gasteiger partial charge in [-0.25, -0.2) is 0 Å². The van der Waals surface area contributed by atoms with Gasteiger partial charge in [-0.1, -0.05) is 48.5 Å². The first kappa shape index (κ1) is 18.4. The van der Waals surface area contributed by atoms with E-state index in [2.05, 4.69) is 11.6 Å². The van der Waals surface area contributed by atoms with Crippen LogP contribution >= 0.6 is 0 Å². The summed E-state index contributed by atoms with van der Waals surface area (Å²) in [5, 5.41) is 0. The summed E-state index contributed by atoms with van der Waals surface area (Å²) in [4.78, 5) is 18.8. The van der Waals surface area contributed by atoms with Crippen molar-refractivity contribution in [2.24, 2.45) is 0 Å². The summed E-state index contributed by atoms with van der Waals surface area (Å²) in [6, 6.07) is 21.0. The highest BCUT2D eigenvalue weighted by molar-refractivity contribution is 5.94. The molecule has 27 heavy (non-hydrogen) atoms. The molecule has 4 nitrogen and oxygen atoms in total. The molecule has 0 fully saturated rings. The summed E-state index contributed by atoms with van der Waals surface area (Å²) >= 11 is 0. The first-order chi connectivity index (χ1) is 13.3. The standard InChI is InChI=1S/C23H22N2O2/c1-2-14-25(17-19-8-4-3-5-9-19)23(26)21-11-6-12-22(15-21)27-18-20-10-7-13-24-16-20/h2-13,15-16H,1,14,17-18H2. The average molecular weight is 358 g/mol. The Bertz CT molecular complexity index is 879. The Hall–Kier alpha value is -3.40. The zero-order valence-corrected chi connectivity index (χ0v) is 15.1. The number of ether oxygens (including phenoxy) is 1. The largest absolute Gasteiger partial charge is 0.489 e. The normalized spacial score (nSPS) is 10.2. The Balaban J connectivity index is 1.71. The van der Waals surface area contributed by atoms with Crippen LogP contribution in [0.15, 0.2) is 91.8 Å². The second-order valence-electron chi connectivity index (χ2n) is 6.14. The number of aromatic nitrogens is 1. The molecular weight excluding hydrogens is 336 g/mol. The van der Waals surface area contributed by atoms with Gasteiger partial charge in [0, 0.05) is 36.6 Å². The Morgan fingerprint density at radius 2 is 1.85 bits per heavy atom. The fraction of sp³-hybridized carbons (Fsp3) is 0.130. The third-order valence-electron chi connectivity index (χ3n) is 4.06. The lowest BCUT2D eigenvalue weighted by molar-refractivity contribution is 0.0762. The molecule has 0 radical (unpaired) electrons. The zero-order valence-electron chi connectivity index (χ0n) is 15.1. The molecule has 3 rings (SSSR count). The number of amides is 1. The van der Waals surface area contributed by atoms with Crippen LogP contribution in [0.2, 0.25) is 0 Å². The van der Waals surface area contributed by atoms with Crippen molar-refractivity contribution in [3.63, 3.8) is 0 Å². The van der Waals surface area contributed by atoms with E-state index in [0.29, 0.717) is 31.0 Å². The summed E-state index contributed by atoms with van der Waals surface area (Å²) in [6.45, 7) is 5.20. The smallest absolute Gasteiger partial charge is 0.254 e. The van der Waals surface area contributed by atoms with Crippen LogP contribution in [0.5, 0.6) is 5.75 Å². The van der Waals surface area contributed by atoms with E-state index in [1.54, 1.807) is 35.5 Å². The van der Waals surface area contributed by atoms with Gasteiger partial charge in [0.2, 0.25) is 0 Å². The van der Waals surface area contributed by atoms with Gasteiger partial charge in [0.25, 0.3) is 5.91 Å². The third-order valence-corrected chi connectivity index (χ3v) is 4.06. The lowest BCUT2D eigenvalue weighted by Gasteiger charge is -2.21. The van der Waals surface area contributed by atoms with Gasteiger partial charge < -0.3 is 9.64 Å². The minimum Gasteiger partial charge on any atom is -0.489 e. The first-order valence-electron chi connectivity index (χ1n) is 8.82. The molecule has 3 aromatic rings. The zero-order chi connectivity index (χ0) is 18.9. The molecule has 2 aromatic carbocycles. The lowest BCUT2D eigenvalue weighted by atomic mass is 10.1. The number of hydrogen-bond donors (Lipinski definition) is 0. The SMILES string of the molecule is C=CCN(Cc1ccccc1)C(=O)c1cccc(OCc2cccnc2)c1. The van der Waals surface area contributed by atoms with Gasteiger partial charge in [0.05, 0.1) is 0 Å². The molecule has 1 amide bonds. The maximum atomic E-state index is 13.0. The minimum atomic E-state index is -0.0504. The average Bonchev–Trinajstić information content (AvgIpc) is 2.73. The van der Waals surface area contributed by atoms with Gasteiger partial charge >= 0.3 is 0 Å². The third kappa shape index (κ3) is 5.28. The number of carbonyl (C=O) groups excluding carboxylic acids is 1. The first-order valence-corrected chi connectivity index (χ1v) is 8.82.